The van der Waals surface area contributed by atoms with Crippen LogP contribution in [-0.4, -0.2) is 50.7 Å². The lowest BCUT2D eigenvalue weighted by Gasteiger charge is -2.31. The minimum Gasteiger partial charge on any atom is -0.384 e. The van der Waals surface area contributed by atoms with E-state index in [4.69, 9.17) is 4.74 Å². The molecule has 2 aliphatic heterocycles. The first kappa shape index (κ1) is 14.5. The van der Waals surface area contributed by atoms with E-state index in [9.17, 15) is 4.79 Å². The van der Waals surface area contributed by atoms with Crippen molar-refractivity contribution in [1.82, 2.24) is 10.2 Å². The van der Waals surface area contributed by atoms with E-state index in [1.54, 1.807) is 7.11 Å². The number of carbonyl (C=O) groups is 1. The zero-order chi connectivity index (χ0) is 14.7. The lowest BCUT2D eigenvalue weighted by molar-refractivity contribution is -0.143. The number of carbonyl (C=O) groups excluding carboxylic acids is 1. The highest BCUT2D eigenvalue weighted by molar-refractivity contribution is 5.84. The molecule has 2 heterocycles. The summed E-state index contributed by atoms with van der Waals surface area (Å²) in [7, 11) is 1.68. The third-order valence-corrected chi connectivity index (χ3v) is 4.86. The molecule has 0 spiro atoms. The molecule has 0 radical (unpaired) electrons. The standard InChI is InChI=1S/C17H24N2O2/c1-21-13-17(8-9-18-12-17)16(20)19-10-7-15(11-19)14-5-3-2-4-6-14/h2-6,15,18H,7-13H2,1H3. The number of likely N-dealkylation sites (tertiary alicyclic amines) is 1. The van der Waals surface area contributed by atoms with Crippen LogP contribution in [0.4, 0.5) is 0 Å². The Kier molecular flexibility index (Phi) is 4.27. The van der Waals surface area contributed by atoms with Crippen molar-refractivity contribution < 1.29 is 9.53 Å². The van der Waals surface area contributed by atoms with E-state index >= 15 is 0 Å². The van der Waals surface area contributed by atoms with Crippen molar-refractivity contribution in [2.24, 2.45) is 5.41 Å². The summed E-state index contributed by atoms with van der Waals surface area (Å²) in [6.07, 6.45) is 1.94. The van der Waals surface area contributed by atoms with Crippen LogP contribution in [0.3, 0.4) is 0 Å². The van der Waals surface area contributed by atoms with Gasteiger partial charge in [0, 0.05) is 32.7 Å². The second-order valence-corrected chi connectivity index (χ2v) is 6.29. The Bertz CT molecular complexity index is 483. The summed E-state index contributed by atoms with van der Waals surface area (Å²) in [6, 6.07) is 10.5. The molecule has 114 valence electrons. The van der Waals surface area contributed by atoms with Crippen molar-refractivity contribution in [3.63, 3.8) is 0 Å². The van der Waals surface area contributed by atoms with E-state index < -0.39 is 0 Å². The smallest absolute Gasteiger partial charge is 0.232 e. The summed E-state index contributed by atoms with van der Waals surface area (Å²) in [5.41, 5.74) is 0.999. The predicted octanol–water partition coefficient (Wildman–Crippen LogP) is 1.63. The van der Waals surface area contributed by atoms with E-state index in [1.165, 1.54) is 5.56 Å². The number of amides is 1. The number of ether oxygens (including phenoxy) is 1. The van der Waals surface area contributed by atoms with Crippen LogP contribution in [0.5, 0.6) is 0 Å². The van der Waals surface area contributed by atoms with Crippen LogP contribution in [0.25, 0.3) is 0 Å². The highest BCUT2D eigenvalue weighted by Crippen LogP contribution is 2.33. The Morgan fingerprint density at radius 2 is 2.24 bits per heavy atom. The number of methoxy groups -OCH3 is 1. The van der Waals surface area contributed by atoms with Crippen LogP contribution in [0.2, 0.25) is 0 Å². The Balaban J connectivity index is 1.69. The third kappa shape index (κ3) is 2.83. The third-order valence-electron chi connectivity index (χ3n) is 4.86. The van der Waals surface area contributed by atoms with Gasteiger partial charge in [0.15, 0.2) is 0 Å². The maximum Gasteiger partial charge on any atom is 0.232 e. The first-order valence-corrected chi connectivity index (χ1v) is 7.79. The van der Waals surface area contributed by atoms with Crippen molar-refractivity contribution >= 4 is 5.91 Å². The summed E-state index contributed by atoms with van der Waals surface area (Å²) < 4.78 is 5.33. The zero-order valence-electron chi connectivity index (χ0n) is 12.7. The fourth-order valence-corrected chi connectivity index (χ4v) is 3.66. The summed E-state index contributed by atoms with van der Waals surface area (Å²) in [5, 5.41) is 3.32. The number of nitrogens with one attached hydrogen (secondary N) is 1. The second kappa shape index (κ2) is 6.16. The molecule has 2 saturated heterocycles. The fraction of sp³-hybridized carbons (Fsp3) is 0.588. The normalized spacial score (nSPS) is 29.0. The molecule has 4 heteroatoms. The van der Waals surface area contributed by atoms with Crippen molar-refractivity contribution in [1.29, 1.82) is 0 Å². The molecule has 1 aromatic rings. The summed E-state index contributed by atoms with van der Waals surface area (Å²) in [5.74, 6) is 0.747. The number of hydrogen-bond donors (Lipinski definition) is 1. The van der Waals surface area contributed by atoms with Gasteiger partial charge in [-0.25, -0.2) is 0 Å². The molecule has 4 nitrogen and oxygen atoms in total. The van der Waals surface area contributed by atoms with E-state index in [0.717, 1.165) is 39.0 Å². The summed E-state index contributed by atoms with van der Waals surface area (Å²) in [6.45, 7) is 3.88. The highest BCUT2D eigenvalue weighted by Gasteiger charge is 2.45. The largest absolute Gasteiger partial charge is 0.384 e. The van der Waals surface area contributed by atoms with Gasteiger partial charge < -0.3 is 15.0 Å². The van der Waals surface area contributed by atoms with Gasteiger partial charge in [-0.2, -0.15) is 0 Å². The minimum absolute atomic E-state index is 0.271. The van der Waals surface area contributed by atoms with Gasteiger partial charge in [-0.15, -0.1) is 0 Å². The highest BCUT2D eigenvalue weighted by atomic mass is 16.5. The maximum atomic E-state index is 12.9. The SMILES string of the molecule is COCC1(C(=O)N2CCC(c3ccccc3)C2)CCNC1. The molecule has 0 aliphatic carbocycles. The van der Waals surface area contributed by atoms with E-state index in [2.05, 4.69) is 29.6 Å². The summed E-state index contributed by atoms with van der Waals surface area (Å²) in [4.78, 5) is 15.0. The molecular formula is C17H24N2O2. The summed E-state index contributed by atoms with van der Waals surface area (Å²) >= 11 is 0. The van der Waals surface area contributed by atoms with Crippen LogP contribution < -0.4 is 5.32 Å². The van der Waals surface area contributed by atoms with Gasteiger partial charge in [0.25, 0.3) is 0 Å². The van der Waals surface area contributed by atoms with Gasteiger partial charge in [0.05, 0.1) is 12.0 Å². The van der Waals surface area contributed by atoms with Crippen molar-refractivity contribution in [3.8, 4) is 0 Å². The monoisotopic (exact) mass is 288 g/mol. The van der Waals surface area contributed by atoms with Crippen molar-refractivity contribution in [3.05, 3.63) is 35.9 Å². The van der Waals surface area contributed by atoms with Crippen LogP contribution in [0.1, 0.15) is 24.3 Å². The van der Waals surface area contributed by atoms with Gasteiger partial charge >= 0.3 is 0 Å². The van der Waals surface area contributed by atoms with E-state index in [1.807, 2.05) is 11.0 Å². The molecule has 3 rings (SSSR count). The average molecular weight is 288 g/mol. The predicted molar refractivity (Wildman–Crippen MR) is 82.2 cm³/mol. The molecule has 1 amide bonds. The maximum absolute atomic E-state index is 12.9. The van der Waals surface area contributed by atoms with E-state index in [-0.39, 0.29) is 11.3 Å². The first-order valence-electron chi connectivity index (χ1n) is 7.79. The Morgan fingerprint density at radius 1 is 1.43 bits per heavy atom. The van der Waals surface area contributed by atoms with Crippen LogP contribution >= 0.6 is 0 Å². The van der Waals surface area contributed by atoms with E-state index in [0.29, 0.717) is 12.5 Å². The lowest BCUT2D eigenvalue weighted by Crippen LogP contribution is -2.47. The minimum atomic E-state index is -0.347. The molecule has 1 N–H and O–H groups in total. The Labute approximate surface area is 126 Å². The molecule has 1 aromatic carbocycles. The van der Waals surface area contributed by atoms with Gasteiger partial charge in [0.1, 0.15) is 0 Å². The molecule has 0 aromatic heterocycles. The van der Waals surface area contributed by atoms with Crippen LogP contribution in [0, 0.1) is 5.41 Å². The van der Waals surface area contributed by atoms with Crippen LogP contribution in [-0.2, 0) is 9.53 Å². The molecule has 0 bridgehead atoms. The van der Waals surface area contributed by atoms with Crippen molar-refractivity contribution in [2.45, 2.75) is 18.8 Å². The molecule has 2 fully saturated rings. The molecule has 2 atom stereocenters. The number of hydrogen-bond acceptors (Lipinski definition) is 3. The fourth-order valence-electron chi connectivity index (χ4n) is 3.66. The van der Waals surface area contributed by atoms with Gasteiger partial charge in [-0.1, -0.05) is 30.3 Å². The molecule has 2 aliphatic rings. The Morgan fingerprint density at radius 3 is 2.90 bits per heavy atom. The van der Waals surface area contributed by atoms with Gasteiger partial charge in [-0.05, 0) is 24.9 Å². The van der Waals surface area contributed by atoms with Crippen LogP contribution in [0.15, 0.2) is 30.3 Å². The number of benzene rings is 1. The molecule has 0 saturated carbocycles. The Hall–Kier alpha value is -1.39. The lowest BCUT2D eigenvalue weighted by atomic mass is 9.86. The number of rotatable bonds is 4. The molecule has 21 heavy (non-hydrogen) atoms. The zero-order valence-corrected chi connectivity index (χ0v) is 12.7. The molecule has 2 unspecified atom stereocenters. The van der Waals surface area contributed by atoms with Gasteiger partial charge in [0.2, 0.25) is 5.91 Å². The topological polar surface area (TPSA) is 41.6 Å². The average Bonchev–Trinajstić information content (AvgIpc) is 3.18. The number of nitrogens with zero attached hydrogens (tertiary/aromatic N) is 1. The quantitative estimate of drug-likeness (QED) is 0.915. The first-order chi connectivity index (χ1) is 10.2. The van der Waals surface area contributed by atoms with Crippen molar-refractivity contribution in [2.75, 3.05) is 39.9 Å². The molecular weight excluding hydrogens is 264 g/mol. The van der Waals surface area contributed by atoms with Gasteiger partial charge in [-0.3, -0.25) is 4.79 Å². The second-order valence-electron chi connectivity index (χ2n) is 6.29.